The monoisotopic (exact) mass is 311 g/mol. The largest absolute Gasteiger partial charge is 0.417 e. The number of allylic oxidation sites excluding steroid dienone is 1. The number of hydrogen-bond acceptors (Lipinski definition) is 2. The van der Waals surface area contributed by atoms with Crippen LogP contribution in [0.2, 0.25) is 5.02 Å². The lowest BCUT2D eigenvalue weighted by molar-refractivity contribution is -0.137. The van der Waals surface area contributed by atoms with E-state index >= 15 is 0 Å². The summed E-state index contributed by atoms with van der Waals surface area (Å²) in [7, 11) is 0. The van der Waals surface area contributed by atoms with Gasteiger partial charge in [-0.1, -0.05) is 41.9 Å². The lowest BCUT2D eigenvalue weighted by atomic mass is 10.1. The minimum Gasteiger partial charge on any atom is -0.289 e. The Balaban J connectivity index is 2.20. The fraction of sp³-hybridized carbons (Fsp3) is 0.0667. The smallest absolute Gasteiger partial charge is 0.289 e. The summed E-state index contributed by atoms with van der Waals surface area (Å²) in [6, 6.07) is 9.24. The second-order valence-corrected chi connectivity index (χ2v) is 4.56. The average Bonchev–Trinajstić information content (AvgIpc) is 2.45. The molecule has 1 aromatic heterocycles. The van der Waals surface area contributed by atoms with Gasteiger partial charge >= 0.3 is 6.18 Å². The number of halogens is 4. The van der Waals surface area contributed by atoms with Gasteiger partial charge in [0.05, 0.1) is 16.3 Å². The van der Waals surface area contributed by atoms with Crippen molar-refractivity contribution in [1.29, 1.82) is 0 Å². The molecular weight excluding hydrogens is 303 g/mol. The van der Waals surface area contributed by atoms with Crippen molar-refractivity contribution >= 4 is 23.5 Å². The highest BCUT2D eigenvalue weighted by molar-refractivity contribution is 6.32. The predicted octanol–water partition coefficient (Wildman–Crippen LogP) is 4.65. The number of hydrogen-bond donors (Lipinski definition) is 0. The van der Waals surface area contributed by atoms with E-state index in [1.807, 2.05) is 0 Å². The Kier molecular flexibility index (Phi) is 4.43. The standard InChI is InChI=1S/C15H9ClF3NO/c16-12-8-11(15(17,18)19)9-20-13(12)6-7-14(21)10-4-2-1-3-5-10/h1-9H/b7-6+. The maximum Gasteiger partial charge on any atom is 0.417 e. The predicted molar refractivity (Wildman–Crippen MR) is 74.1 cm³/mol. The van der Waals surface area contributed by atoms with E-state index in [1.165, 1.54) is 12.2 Å². The highest BCUT2D eigenvalue weighted by atomic mass is 35.5. The van der Waals surface area contributed by atoms with Crippen molar-refractivity contribution < 1.29 is 18.0 Å². The number of carbonyl (C=O) groups excluding carboxylic acids is 1. The Morgan fingerprint density at radius 3 is 2.43 bits per heavy atom. The molecule has 1 heterocycles. The number of alkyl halides is 3. The SMILES string of the molecule is O=C(/C=C/c1ncc(C(F)(F)F)cc1Cl)c1ccccc1. The first kappa shape index (κ1) is 15.3. The van der Waals surface area contributed by atoms with Gasteiger partial charge in [0.1, 0.15) is 0 Å². The van der Waals surface area contributed by atoms with E-state index in [1.54, 1.807) is 30.3 Å². The molecular formula is C15H9ClF3NO. The fourth-order valence-corrected chi connectivity index (χ4v) is 1.81. The zero-order valence-corrected chi connectivity index (χ0v) is 11.3. The fourth-order valence-electron chi connectivity index (χ4n) is 1.58. The molecule has 0 bridgehead atoms. The summed E-state index contributed by atoms with van der Waals surface area (Å²) in [5.74, 6) is -0.284. The first-order valence-corrected chi connectivity index (χ1v) is 6.26. The van der Waals surface area contributed by atoms with E-state index in [-0.39, 0.29) is 16.5 Å². The molecule has 0 atom stereocenters. The third-order valence-electron chi connectivity index (χ3n) is 2.65. The van der Waals surface area contributed by atoms with E-state index < -0.39 is 11.7 Å². The number of benzene rings is 1. The van der Waals surface area contributed by atoms with E-state index in [0.29, 0.717) is 11.8 Å². The van der Waals surface area contributed by atoms with E-state index in [0.717, 1.165) is 6.07 Å². The van der Waals surface area contributed by atoms with Crippen LogP contribution in [0.25, 0.3) is 6.08 Å². The molecule has 0 aliphatic rings. The van der Waals surface area contributed by atoms with Gasteiger partial charge in [0, 0.05) is 11.8 Å². The summed E-state index contributed by atoms with van der Waals surface area (Å²) in [4.78, 5) is 15.4. The zero-order chi connectivity index (χ0) is 15.5. The van der Waals surface area contributed by atoms with Gasteiger partial charge in [0.15, 0.2) is 5.78 Å². The lowest BCUT2D eigenvalue weighted by Crippen LogP contribution is -2.05. The second-order valence-electron chi connectivity index (χ2n) is 4.15. The summed E-state index contributed by atoms with van der Waals surface area (Å²) in [6.45, 7) is 0. The van der Waals surface area contributed by atoms with Crippen molar-refractivity contribution in [3.8, 4) is 0 Å². The molecule has 0 aliphatic heterocycles. The summed E-state index contributed by atoms with van der Waals surface area (Å²) >= 11 is 5.74. The number of ketones is 1. The molecule has 0 amide bonds. The van der Waals surface area contributed by atoms with Crippen LogP contribution in [-0.2, 0) is 6.18 Å². The third-order valence-corrected chi connectivity index (χ3v) is 2.95. The van der Waals surface area contributed by atoms with Gasteiger partial charge in [-0.25, -0.2) is 0 Å². The van der Waals surface area contributed by atoms with Gasteiger partial charge in [-0.2, -0.15) is 13.2 Å². The van der Waals surface area contributed by atoms with Crippen LogP contribution >= 0.6 is 11.6 Å². The molecule has 2 rings (SSSR count). The maximum atomic E-state index is 12.5. The molecule has 21 heavy (non-hydrogen) atoms. The average molecular weight is 312 g/mol. The number of rotatable bonds is 3. The minimum absolute atomic E-state index is 0.106. The molecule has 6 heteroatoms. The zero-order valence-electron chi connectivity index (χ0n) is 10.6. The van der Waals surface area contributed by atoms with E-state index in [9.17, 15) is 18.0 Å². The van der Waals surface area contributed by atoms with Gasteiger partial charge in [-0.05, 0) is 18.2 Å². The highest BCUT2D eigenvalue weighted by Gasteiger charge is 2.31. The molecule has 1 aromatic carbocycles. The molecule has 108 valence electrons. The molecule has 0 saturated heterocycles. The van der Waals surface area contributed by atoms with Crippen molar-refractivity contribution in [2.45, 2.75) is 6.18 Å². The molecule has 0 aliphatic carbocycles. The Labute approximate surface area is 123 Å². The van der Waals surface area contributed by atoms with Crippen LogP contribution in [-0.4, -0.2) is 10.8 Å². The van der Waals surface area contributed by atoms with Crippen molar-refractivity contribution in [3.05, 3.63) is 70.5 Å². The lowest BCUT2D eigenvalue weighted by Gasteiger charge is -2.07. The quantitative estimate of drug-likeness (QED) is 0.610. The first-order valence-electron chi connectivity index (χ1n) is 5.88. The molecule has 0 N–H and O–H groups in total. The number of nitrogens with zero attached hydrogens (tertiary/aromatic N) is 1. The first-order chi connectivity index (χ1) is 9.88. The number of carbonyl (C=O) groups is 1. The van der Waals surface area contributed by atoms with E-state index in [2.05, 4.69) is 4.98 Å². The molecule has 2 nitrogen and oxygen atoms in total. The van der Waals surface area contributed by atoms with Crippen LogP contribution in [0.5, 0.6) is 0 Å². The summed E-state index contributed by atoms with van der Waals surface area (Å²) in [5, 5.41) is -0.165. The maximum absolute atomic E-state index is 12.5. The van der Waals surface area contributed by atoms with Gasteiger partial charge in [0.25, 0.3) is 0 Å². The minimum atomic E-state index is -4.50. The highest BCUT2D eigenvalue weighted by Crippen LogP contribution is 2.31. The van der Waals surface area contributed by atoms with Crippen molar-refractivity contribution in [3.63, 3.8) is 0 Å². The van der Waals surface area contributed by atoms with Gasteiger partial charge in [-0.15, -0.1) is 0 Å². The molecule has 0 fully saturated rings. The topological polar surface area (TPSA) is 30.0 Å². The summed E-state index contributed by atoms with van der Waals surface area (Å²) in [5.41, 5.74) is -0.357. The van der Waals surface area contributed by atoms with E-state index in [4.69, 9.17) is 11.6 Å². The number of aromatic nitrogens is 1. The molecule has 0 spiro atoms. The van der Waals surface area contributed by atoms with Gasteiger partial charge < -0.3 is 0 Å². The van der Waals surface area contributed by atoms with Crippen LogP contribution in [0, 0.1) is 0 Å². The van der Waals surface area contributed by atoms with Crippen LogP contribution in [0.1, 0.15) is 21.6 Å². The van der Waals surface area contributed by atoms with Crippen LogP contribution in [0.3, 0.4) is 0 Å². The van der Waals surface area contributed by atoms with Crippen LogP contribution in [0.15, 0.2) is 48.7 Å². The number of pyridine rings is 1. The van der Waals surface area contributed by atoms with Crippen LogP contribution < -0.4 is 0 Å². The summed E-state index contributed by atoms with van der Waals surface area (Å²) in [6.07, 6.45) is -1.31. The Bertz CT molecular complexity index is 681. The Morgan fingerprint density at radius 2 is 1.86 bits per heavy atom. The van der Waals surface area contributed by atoms with Crippen LogP contribution in [0.4, 0.5) is 13.2 Å². The molecule has 0 saturated carbocycles. The third kappa shape index (κ3) is 3.92. The molecule has 2 aromatic rings. The van der Waals surface area contributed by atoms with Crippen molar-refractivity contribution in [2.24, 2.45) is 0 Å². The van der Waals surface area contributed by atoms with Crippen molar-refractivity contribution in [1.82, 2.24) is 4.98 Å². The second kappa shape index (κ2) is 6.10. The van der Waals surface area contributed by atoms with Crippen molar-refractivity contribution in [2.75, 3.05) is 0 Å². The Hall–Kier alpha value is -2.14. The molecule has 0 radical (unpaired) electrons. The Morgan fingerprint density at radius 1 is 1.19 bits per heavy atom. The van der Waals surface area contributed by atoms with Gasteiger partial charge in [0.2, 0.25) is 0 Å². The molecule has 0 unspecified atom stereocenters. The van der Waals surface area contributed by atoms with Gasteiger partial charge in [-0.3, -0.25) is 9.78 Å². The summed E-state index contributed by atoms with van der Waals surface area (Å²) < 4.78 is 37.4. The normalized spacial score (nSPS) is 11.8.